The number of fused-ring (bicyclic) bond motifs is 2. The molecule has 5 rings (SSSR count). The lowest BCUT2D eigenvalue weighted by molar-refractivity contribution is 0.0257. The van der Waals surface area contributed by atoms with E-state index in [0.29, 0.717) is 62.8 Å². The number of pyridine rings is 2. The van der Waals surface area contributed by atoms with Crippen LogP contribution in [0.4, 0.5) is 4.39 Å². The van der Waals surface area contributed by atoms with Gasteiger partial charge in [0.2, 0.25) is 0 Å². The Hall–Kier alpha value is -3.01. The summed E-state index contributed by atoms with van der Waals surface area (Å²) in [6.45, 7) is 4.89. The molecule has 0 unspecified atom stereocenters. The van der Waals surface area contributed by atoms with Gasteiger partial charge in [-0.3, -0.25) is 9.78 Å². The van der Waals surface area contributed by atoms with E-state index in [1.165, 1.54) is 18.2 Å². The Labute approximate surface area is 196 Å². The molecule has 0 aliphatic carbocycles. The molecule has 3 aromatic rings. The molecule has 4 heterocycles. The average Bonchev–Trinajstić information content (AvgIpc) is 2.85. The van der Waals surface area contributed by atoms with Crippen LogP contribution in [0.5, 0.6) is 11.5 Å². The molecule has 1 aromatic carbocycles. The lowest BCUT2D eigenvalue weighted by Gasteiger charge is -2.36. The van der Waals surface area contributed by atoms with Gasteiger partial charge >= 0.3 is 0 Å². The lowest BCUT2D eigenvalue weighted by Crippen LogP contribution is -2.48. The molecule has 2 atom stereocenters. The molecule has 2 aliphatic heterocycles. The van der Waals surface area contributed by atoms with Crippen molar-refractivity contribution in [1.29, 1.82) is 0 Å². The molecule has 180 valence electrons. The molecule has 0 radical (unpaired) electrons. The number of ether oxygens (including phenoxy) is 2. The number of rotatable bonds is 7. The summed E-state index contributed by atoms with van der Waals surface area (Å²) in [5, 5.41) is 14.8. The number of aliphatic hydroxyl groups excluding tert-OH is 1. The highest BCUT2D eigenvalue weighted by atomic mass is 19.1. The maximum Gasteiger partial charge on any atom is 0.251 e. The van der Waals surface area contributed by atoms with Crippen LogP contribution >= 0.6 is 0 Å². The number of piperidine rings is 1. The molecule has 1 fully saturated rings. The molecule has 2 aliphatic rings. The zero-order valence-electron chi connectivity index (χ0n) is 19.0. The quantitative estimate of drug-likeness (QED) is 0.547. The first-order valence-corrected chi connectivity index (χ1v) is 11.7. The van der Waals surface area contributed by atoms with E-state index in [9.17, 15) is 14.3 Å². The van der Waals surface area contributed by atoms with Crippen molar-refractivity contribution in [3.8, 4) is 11.5 Å². The van der Waals surface area contributed by atoms with E-state index < -0.39 is 0 Å². The van der Waals surface area contributed by atoms with Crippen LogP contribution in [0.15, 0.2) is 47.4 Å². The maximum atomic E-state index is 13.8. The number of hydrogen-bond donors (Lipinski definition) is 2. The van der Waals surface area contributed by atoms with Gasteiger partial charge in [-0.05, 0) is 36.1 Å². The third-order valence-electron chi connectivity index (χ3n) is 6.57. The van der Waals surface area contributed by atoms with Gasteiger partial charge in [0.25, 0.3) is 5.56 Å². The largest absolute Gasteiger partial charge is 0.486 e. The van der Waals surface area contributed by atoms with Gasteiger partial charge in [-0.15, -0.1) is 0 Å². The summed E-state index contributed by atoms with van der Waals surface area (Å²) < 4.78 is 26.5. The van der Waals surface area contributed by atoms with Gasteiger partial charge in [0, 0.05) is 57.3 Å². The number of nitrogens with one attached hydrogen (secondary N) is 1. The number of aliphatic hydroxyl groups is 1. The Bertz CT molecular complexity index is 1220. The summed E-state index contributed by atoms with van der Waals surface area (Å²) in [5.41, 5.74) is 1.32. The summed E-state index contributed by atoms with van der Waals surface area (Å²) >= 11 is 0. The molecule has 34 heavy (non-hydrogen) atoms. The predicted molar refractivity (Wildman–Crippen MR) is 126 cm³/mol. The van der Waals surface area contributed by atoms with E-state index in [-0.39, 0.29) is 23.4 Å². The number of aromatic nitrogens is 2. The molecule has 2 aromatic heterocycles. The second-order valence-corrected chi connectivity index (χ2v) is 8.89. The molecule has 8 nitrogen and oxygen atoms in total. The number of benzene rings is 1. The van der Waals surface area contributed by atoms with E-state index >= 15 is 0 Å². The second kappa shape index (κ2) is 10.1. The summed E-state index contributed by atoms with van der Waals surface area (Å²) in [6, 6.07) is 9.64. The van der Waals surface area contributed by atoms with Crippen molar-refractivity contribution in [2.45, 2.75) is 25.6 Å². The molecule has 0 amide bonds. The first kappa shape index (κ1) is 22.8. The van der Waals surface area contributed by atoms with Crippen molar-refractivity contribution in [3.63, 3.8) is 0 Å². The van der Waals surface area contributed by atoms with Crippen LogP contribution in [0.3, 0.4) is 0 Å². The fourth-order valence-corrected chi connectivity index (χ4v) is 4.70. The smallest absolute Gasteiger partial charge is 0.251 e. The van der Waals surface area contributed by atoms with Crippen LogP contribution in [0.2, 0.25) is 0 Å². The molecule has 0 saturated carbocycles. The monoisotopic (exact) mass is 468 g/mol. The van der Waals surface area contributed by atoms with E-state index in [4.69, 9.17) is 9.47 Å². The van der Waals surface area contributed by atoms with Crippen LogP contribution in [0, 0.1) is 11.7 Å². The Balaban J connectivity index is 1.17. The predicted octanol–water partition coefficient (Wildman–Crippen LogP) is 1.78. The van der Waals surface area contributed by atoms with Gasteiger partial charge in [-0.25, -0.2) is 4.39 Å². The van der Waals surface area contributed by atoms with Crippen molar-refractivity contribution in [2.75, 3.05) is 39.4 Å². The highest BCUT2D eigenvalue weighted by Gasteiger charge is 2.27. The van der Waals surface area contributed by atoms with Crippen LogP contribution in [-0.2, 0) is 13.1 Å². The molecule has 2 N–H and O–H groups in total. The second-order valence-electron chi connectivity index (χ2n) is 8.89. The van der Waals surface area contributed by atoms with Gasteiger partial charge in [0.05, 0.1) is 23.5 Å². The Morgan fingerprint density at radius 1 is 1.12 bits per heavy atom. The van der Waals surface area contributed by atoms with Crippen LogP contribution in [0.1, 0.15) is 12.1 Å². The van der Waals surface area contributed by atoms with E-state index in [0.717, 1.165) is 24.2 Å². The molecule has 0 spiro atoms. The maximum absolute atomic E-state index is 13.8. The summed E-state index contributed by atoms with van der Waals surface area (Å²) in [6.07, 6.45) is 1.98. The normalized spacial score (nSPS) is 20.5. The first-order valence-electron chi connectivity index (χ1n) is 11.7. The molecular formula is C25H29FN4O4. The van der Waals surface area contributed by atoms with E-state index in [2.05, 4.69) is 15.2 Å². The minimum absolute atomic E-state index is 0.0626. The topological polar surface area (TPSA) is 88.9 Å². The van der Waals surface area contributed by atoms with E-state index in [1.54, 1.807) is 22.9 Å². The van der Waals surface area contributed by atoms with Crippen molar-refractivity contribution >= 4 is 10.9 Å². The number of halogens is 1. The summed E-state index contributed by atoms with van der Waals surface area (Å²) in [4.78, 5) is 19.1. The van der Waals surface area contributed by atoms with Crippen molar-refractivity contribution < 1.29 is 19.0 Å². The van der Waals surface area contributed by atoms with E-state index in [1.807, 2.05) is 6.07 Å². The fraction of sp³-hybridized carbons (Fsp3) is 0.440. The number of hydrogen-bond acceptors (Lipinski definition) is 7. The SMILES string of the molecule is O=c1ccc2ccc(F)cc2n1CCN1CC[C@@H](O)[C@@H](CNCc2cc3c(cn2)OCCO3)C1. The van der Waals surface area contributed by atoms with Gasteiger partial charge < -0.3 is 29.4 Å². The van der Waals surface area contributed by atoms with Crippen LogP contribution in [0.25, 0.3) is 10.9 Å². The van der Waals surface area contributed by atoms with Gasteiger partial charge in [-0.2, -0.15) is 0 Å². The van der Waals surface area contributed by atoms with Gasteiger partial charge in [0.15, 0.2) is 11.5 Å². The fourth-order valence-electron chi connectivity index (χ4n) is 4.70. The third-order valence-corrected chi connectivity index (χ3v) is 6.57. The van der Waals surface area contributed by atoms with Crippen LogP contribution < -0.4 is 20.3 Å². The molecular weight excluding hydrogens is 439 g/mol. The van der Waals surface area contributed by atoms with Crippen molar-refractivity contribution in [2.24, 2.45) is 5.92 Å². The number of likely N-dealkylation sites (tertiary alicyclic amines) is 1. The summed E-state index contributed by atoms with van der Waals surface area (Å²) in [5.74, 6) is 1.09. The highest BCUT2D eigenvalue weighted by molar-refractivity contribution is 5.78. The first-order chi connectivity index (χ1) is 16.6. The van der Waals surface area contributed by atoms with Crippen molar-refractivity contribution in [3.05, 3.63) is 64.5 Å². The number of nitrogens with zero attached hydrogens (tertiary/aromatic N) is 3. The minimum atomic E-state index is -0.383. The van der Waals surface area contributed by atoms with Crippen molar-refractivity contribution in [1.82, 2.24) is 19.8 Å². The Morgan fingerprint density at radius 2 is 1.94 bits per heavy atom. The lowest BCUT2D eigenvalue weighted by atomic mass is 9.94. The minimum Gasteiger partial charge on any atom is -0.486 e. The molecule has 9 heteroatoms. The highest BCUT2D eigenvalue weighted by Crippen LogP contribution is 2.29. The standard InChI is InChI=1S/C25H29FN4O4/c26-19-3-1-17-2-4-25(32)30(21(17)11-19)8-7-29-6-5-22(31)18(16-29)13-27-14-20-12-23-24(15-28-20)34-10-9-33-23/h1-4,11-12,15,18,22,27,31H,5-10,13-14,16H2/t18-,22+/m0/s1. The third kappa shape index (κ3) is 5.06. The van der Waals surface area contributed by atoms with Gasteiger partial charge in [-0.1, -0.05) is 0 Å². The molecule has 1 saturated heterocycles. The Kier molecular flexibility index (Phi) is 6.75. The Morgan fingerprint density at radius 3 is 2.82 bits per heavy atom. The zero-order chi connectivity index (χ0) is 23.5. The zero-order valence-corrected chi connectivity index (χ0v) is 19.0. The molecule has 0 bridgehead atoms. The van der Waals surface area contributed by atoms with Crippen LogP contribution in [-0.4, -0.2) is 65.1 Å². The van der Waals surface area contributed by atoms with Gasteiger partial charge in [0.1, 0.15) is 19.0 Å². The summed E-state index contributed by atoms with van der Waals surface area (Å²) in [7, 11) is 0. The average molecular weight is 469 g/mol.